The molecule has 210 valence electrons. The molecule has 2 atom stereocenters. The first-order valence-corrected chi connectivity index (χ1v) is 12.8. The van der Waals surface area contributed by atoms with Gasteiger partial charge in [0.25, 0.3) is 0 Å². The number of hydrogen-bond acceptors (Lipinski definition) is 10. The monoisotopic (exact) mass is 540 g/mol. The number of aliphatic imine (C=N–C) groups is 2. The summed E-state index contributed by atoms with van der Waals surface area (Å²) in [7, 11) is 1.49. The maximum atomic E-state index is 14.5. The van der Waals surface area contributed by atoms with E-state index in [1.165, 1.54) is 25.4 Å². The summed E-state index contributed by atoms with van der Waals surface area (Å²) in [5.41, 5.74) is 14.3. The molecule has 0 saturated carbocycles. The molecule has 1 aliphatic heterocycles. The third kappa shape index (κ3) is 7.69. The number of nitrogens with zero attached hydrogens (tertiary/aromatic N) is 4. The highest BCUT2D eigenvalue weighted by atomic mass is 19.1. The summed E-state index contributed by atoms with van der Waals surface area (Å²) in [4.78, 5) is 24.0. The van der Waals surface area contributed by atoms with E-state index in [0.29, 0.717) is 46.5 Å². The van der Waals surface area contributed by atoms with Gasteiger partial charge in [0.1, 0.15) is 11.6 Å². The van der Waals surface area contributed by atoms with Crippen LogP contribution < -0.4 is 16.0 Å². The van der Waals surface area contributed by atoms with Crippen LogP contribution in [0.4, 0.5) is 4.39 Å². The highest BCUT2D eigenvalue weighted by Gasteiger charge is 2.30. The lowest BCUT2D eigenvalue weighted by Crippen LogP contribution is -2.35. The first kappa shape index (κ1) is 29.9. The minimum absolute atomic E-state index is 0.131. The third-order valence-electron chi connectivity index (χ3n) is 6.32. The van der Waals surface area contributed by atoms with Crippen LogP contribution in [-0.4, -0.2) is 58.2 Å². The lowest BCUT2D eigenvalue weighted by atomic mass is 9.88. The van der Waals surface area contributed by atoms with Crippen LogP contribution in [0.3, 0.4) is 0 Å². The van der Waals surface area contributed by atoms with Crippen molar-refractivity contribution < 1.29 is 24.2 Å². The number of nitrogens with two attached hydrogens (primary N) is 1. The van der Waals surface area contributed by atoms with Gasteiger partial charge in [0.15, 0.2) is 5.84 Å². The zero-order valence-corrected chi connectivity index (χ0v) is 23.0. The van der Waals surface area contributed by atoms with E-state index in [0.717, 1.165) is 23.1 Å². The van der Waals surface area contributed by atoms with E-state index < -0.39 is 18.0 Å². The molecule has 0 spiro atoms. The number of hydroxylamine groups is 1. The SMILES string of the molecule is CC/C(C)=C(N)/N=C1/CC(c2ccc(F)cc2-c2cncc(OC)n2)N=C(NOCCC(O)CO)C1=C(C)C. The Morgan fingerprint density at radius 2 is 2.05 bits per heavy atom. The van der Waals surface area contributed by atoms with Gasteiger partial charge in [0, 0.05) is 24.0 Å². The van der Waals surface area contributed by atoms with Gasteiger partial charge in [0.2, 0.25) is 5.88 Å². The van der Waals surface area contributed by atoms with Crippen molar-refractivity contribution >= 4 is 11.5 Å². The van der Waals surface area contributed by atoms with Gasteiger partial charge in [-0.25, -0.2) is 19.8 Å². The average Bonchev–Trinajstić information content (AvgIpc) is 2.94. The minimum atomic E-state index is -0.888. The zero-order valence-electron chi connectivity index (χ0n) is 23.0. The molecule has 2 unspecified atom stereocenters. The third-order valence-corrected chi connectivity index (χ3v) is 6.32. The molecule has 1 aromatic heterocycles. The molecule has 0 bridgehead atoms. The van der Waals surface area contributed by atoms with Crippen LogP contribution >= 0.6 is 0 Å². The van der Waals surface area contributed by atoms with Gasteiger partial charge in [-0.15, -0.1) is 0 Å². The van der Waals surface area contributed by atoms with Gasteiger partial charge in [-0.2, -0.15) is 0 Å². The normalized spacial score (nSPS) is 17.9. The van der Waals surface area contributed by atoms with Gasteiger partial charge in [0.05, 0.1) is 56.3 Å². The van der Waals surface area contributed by atoms with Crippen LogP contribution in [0, 0.1) is 5.82 Å². The summed E-state index contributed by atoms with van der Waals surface area (Å²) < 4.78 is 19.7. The van der Waals surface area contributed by atoms with Crippen molar-refractivity contribution in [1.29, 1.82) is 0 Å². The molecule has 10 nitrogen and oxygen atoms in total. The molecule has 1 aliphatic rings. The van der Waals surface area contributed by atoms with Crippen LogP contribution in [0.5, 0.6) is 5.88 Å². The Morgan fingerprint density at radius 1 is 1.28 bits per heavy atom. The first-order valence-electron chi connectivity index (χ1n) is 12.8. The van der Waals surface area contributed by atoms with Gasteiger partial charge in [-0.3, -0.25) is 14.8 Å². The topological polar surface area (TPSA) is 147 Å². The number of rotatable bonds is 10. The number of allylic oxidation sites excluding steroid dienone is 2. The number of halogens is 1. The first-order chi connectivity index (χ1) is 18.7. The van der Waals surface area contributed by atoms with Crippen molar-refractivity contribution in [1.82, 2.24) is 15.4 Å². The fourth-order valence-electron chi connectivity index (χ4n) is 4.02. The molecule has 2 heterocycles. The molecular formula is C28H37FN6O4. The van der Waals surface area contributed by atoms with E-state index in [9.17, 15) is 9.50 Å². The number of hydrogen-bond donors (Lipinski definition) is 4. The number of nitrogens with one attached hydrogen (secondary N) is 1. The van der Waals surface area contributed by atoms with Crippen LogP contribution in [0.25, 0.3) is 11.3 Å². The molecule has 0 fully saturated rings. The molecule has 0 radical (unpaired) electrons. The van der Waals surface area contributed by atoms with E-state index in [4.69, 9.17) is 30.4 Å². The molecule has 5 N–H and O–H groups in total. The lowest BCUT2D eigenvalue weighted by Gasteiger charge is -2.28. The van der Waals surface area contributed by atoms with Crippen molar-refractivity contribution in [3.63, 3.8) is 0 Å². The summed E-state index contributed by atoms with van der Waals surface area (Å²) >= 11 is 0. The standard InChI is InChI=1S/C28H37FN6O4/c1-6-17(4)27(30)33-23-12-22(34-28(26(23)16(2)3)35-39-10-9-19(37)15-36)20-8-7-18(29)11-21(20)24-13-31-14-25(32-24)38-5/h7-8,11,13-14,19,22,36-37H,6,9-10,12,15,30H2,1-5H3,(H,34,35)/b27-17+,33-23-. The van der Waals surface area contributed by atoms with Crippen LogP contribution in [0.2, 0.25) is 0 Å². The van der Waals surface area contributed by atoms with Crippen LogP contribution in [0.15, 0.2) is 63.1 Å². The van der Waals surface area contributed by atoms with Crippen LogP contribution in [-0.2, 0) is 4.84 Å². The summed E-state index contributed by atoms with van der Waals surface area (Å²) in [6, 6.07) is 3.97. The van der Waals surface area contributed by atoms with Gasteiger partial charge in [-0.1, -0.05) is 18.6 Å². The molecule has 3 rings (SSSR count). The van der Waals surface area contributed by atoms with E-state index in [-0.39, 0.29) is 19.6 Å². The van der Waals surface area contributed by atoms with Crippen molar-refractivity contribution in [2.75, 3.05) is 20.3 Å². The summed E-state index contributed by atoms with van der Waals surface area (Å²) in [5, 5.41) is 18.7. The molecule has 11 heteroatoms. The zero-order chi connectivity index (χ0) is 28.5. The van der Waals surface area contributed by atoms with Gasteiger partial charge < -0.3 is 20.7 Å². The Balaban J connectivity index is 2.13. The molecule has 1 aromatic carbocycles. The molecular weight excluding hydrogens is 503 g/mol. The number of aliphatic hydroxyl groups is 2. The fraction of sp³-hybridized carbons (Fsp3) is 0.429. The largest absolute Gasteiger partial charge is 0.480 e. The van der Waals surface area contributed by atoms with Crippen molar-refractivity contribution in [2.45, 2.75) is 59.1 Å². The predicted octanol–water partition coefficient (Wildman–Crippen LogP) is 3.78. The summed E-state index contributed by atoms with van der Waals surface area (Å²) in [6.45, 7) is 7.61. The summed E-state index contributed by atoms with van der Waals surface area (Å²) in [6.07, 6.45) is 3.51. The van der Waals surface area contributed by atoms with E-state index in [1.54, 1.807) is 12.3 Å². The Morgan fingerprint density at radius 3 is 2.72 bits per heavy atom. The maximum Gasteiger partial charge on any atom is 0.232 e. The number of benzene rings is 1. The number of ether oxygens (including phenoxy) is 1. The van der Waals surface area contributed by atoms with Crippen molar-refractivity contribution in [3.05, 3.63) is 64.5 Å². The Hall–Kier alpha value is -3.67. The Bertz CT molecular complexity index is 1290. The molecule has 0 saturated heterocycles. The smallest absolute Gasteiger partial charge is 0.232 e. The molecule has 0 aliphatic carbocycles. The number of aliphatic hydroxyl groups excluding tert-OH is 2. The minimum Gasteiger partial charge on any atom is -0.480 e. The Labute approximate surface area is 228 Å². The van der Waals surface area contributed by atoms with Gasteiger partial charge >= 0.3 is 0 Å². The van der Waals surface area contributed by atoms with Crippen molar-refractivity contribution in [3.8, 4) is 17.1 Å². The molecule has 0 amide bonds. The quantitative estimate of drug-likeness (QED) is 0.263. The summed E-state index contributed by atoms with van der Waals surface area (Å²) in [5.74, 6) is 0.735. The van der Waals surface area contributed by atoms with Crippen molar-refractivity contribution in [2.24, 2.45) is 15.7 Å². The van der Waals surface area contributed by atoms with E-state index in [2.05, 4.69) is 15.4 Å². The Kier molecular flexibility index (Phi) is 10.7. The second kappa shape index (κ2) is 13.9. The average molecular weight is 541 g/mol. The molecule has 39 heavy (non-hydrogen) atoms. The van der Waals surface area contributed by atoms with E-state index >= 15 is 0 Å². The van der Waals surface area contributed by atoms with Crippen LogP contribution in [0.1, 0.15) is 58.6 Å². The van der Waals surface area contributed by atoms with Gasteiger partial charge in [-0.05, 0) is 50.5 Å². The fourth-order valence-corrected chi connectivity index (χ4v) is 4.02. The second-order valence-corrected chi connectivity index (χ2v) is 9.40. The highest BCUT2D eigenvalue weighted by molar-refractivity contribution is 6.25. The number of methoxy groups -OCH3 is 1. The maximum absolute atomic E-state index is 14.5. The number of amidine groups is 1. The highest BCUT2D eigenvalue weighted by Crippen LogP contribution is 2.36. The second-order valence-electron chi connectivity index (χ2n) is 9.40. The molecule has 2 aromatic rings. The predicted molar refractivity (Wildman–Crippen MR) is 149 cm³/mol. The van der Waals surface area contributed by atoms with E-state index in [1.807, 2.05) is 27.7 Å². The lowest BCUT2D eigenvalue weighted by molar-refractivity contribution is 0.0287. The number of aromatic nitrogens is 2.